The minimum Gasteiger partial charge on any atom is -0.444 e. The summed E-state index contributed by atoms with van der Waals surface area (Å²) < 4.78 is 5.42. The van der Waals surface area contributed by atoms with E-state index >= 15 is 0 Å². The molecule has 0 radical (unpaired) electrons. The highest BCUT2D eigenvalue weighted by Crippen LogP contribution is 2.27. The lowest BCUT2D eigenvalue weighted by atomic mass is 10.0. The van der Waals surface area contributed by atoms with E-state index in [9.17, 15) is 4.79 Å². The molecule has 0 saturated carbocycles. The van der Waals surface area contributed by atoms with Crippen LogP contribution < -0.4 is 5.43 Å². The molecule has 0 saturated heterocycles. The third-order valence-electron chi connectivity index (χ3n) is 3.43. The van der Waals surface area contributed by atoms with E-state index < -0.39 is 5.60 Å². The Balaban J connectivity index is 2.02. The molecule has 0 aromatic rings. The van der Waals surface area contributed by atoms with Crippen molar-refractivity contribution >= 4 is 6.09 Å². The zero-order valence-corrected chi connectivity index (χ0v) is 11.9. The van der Waals surface area contributed by atoms with E-state index in [1.165, 1.54) is 11.3 Å². The topological polar surface area (TPSA) is 44.8 Å². The first-order valence-corrected chi connectivity index (χ1v) is 6.47. The molecule has 0 aromatic heterocycles. The number of ether oxygens (including phenoxy) is 1. The van der Waals surface area contributed by atoms with Crippen LogP contribution in [0.5, 0.6) is 0 Å². The number of amides is 1. The molecule has 0 aromatic carbocycles. The van der Waals surface area contributed by atoms with Crippen molar-refractivity contribution in [3.63, 3.8) is 0 Å². The predicted molar refractivity (Wildman–Crippen MR) is 69.8 cm³/mol. The fraction of sp³-hybridized carbons (Fsp3) is 0.769. The maximum absolute atomic E-state index is 12.0. The van der Waals surface area contributed by atoms with Gasteiger partial charge in [-0.05, 0) is 33.3 Å². The summed E-state index contributed by atoms with van der Waals surface area (Å²) in [6.07, 6.45) is 0.666. The van der Waals surface area contributed by atoms with Crippen LogP contribution in [0.15, 0.2) is 11.3 Å². The predicted octanol–water partition coefficient (Wildman–Crippen LogP) is 1.72. The molecule has 2 heterocycles. The summed E-state index contributed by atoms with van der Waals surface area (Å²) in [4.78, 5) is 13.8. The quantitative estimate of drug-likeness (QED) is 0.714. The van der Waals surface area contributed by atoms with Gasteiger partial charge in [0.1, 0.15) is 5.60 Å². The molecule has 1 atom stereocenters. The Kier molecular flexibility index (Phi) is 3.27. The summed E-state index contributed by atoms with van der Waals surface area (Å²) in [6.45, 7) is 9.23. The van der Waals surface area contributed by atoms with Gasteiger partial charge in [-0.15, -0.1) is 0 Å². The number of rotatable bonds is 0. The number of hydrazine groups is 1. The minimum absolute atomic E-state index is 0.212. The molecule has 0 spiro atoms. The third-order valence-corrected chi connectivity index (χ3v) is 3.43. The number of likely N-dealkylation sites (N-methyl/N-ethyl adjacent to an activating group) is 1. The highest BCUT2D eigenvalue weighted by atomic mass is 16.6. The molecular formula is C13H23N3O2. The van der Waals surface area contributed by atoms with Gasteiger partial charge in [0.05, 0.1) is 6.04 Å². The number of carbonyl (C=O) groups is 1. The van der Waals surface area contributed by atoms with E-state index in [0.717, 1.165) is 13.0 Å². The Bertz CT molecular complexity index is 384. The zero-order chi connectivity index (χ0) is 13.5. The fourth-order valence-corrected chi connectivity index (χ4v) is 2.33. The molecule has 1 N–H and O–H groups in total. The van der Waals surface area contributed by atoms with Gasteiger partial charge >= 0.3 is 6.09 Å². The Labute approximate surface area is 109 Å². The SMILES string of the molecule is CC1C2=C(CCN(C(=O)OC(C)(C)C)C2)NN1C. The van der Waals surface area contributed by atoms with Crippen LogP contribution in [-0.4, -0.2) is 47.8 Å². The van der Waals surface area contributed by atoms with Gasteiger partial charge in [0.25, 0.3) is 0 Å². The standard InChI is InChI=1S/C13H23N3O2/c1-9-10-8-16(12(17)18-13(2,3)4)7-6-11(10)14-15(9)5/h9,14H,6-8H2,1-5H3. The molecule has 0 bridgehead atoms. The van der Waals surface area contributed by atoms with Crippen molar-refractivity contribution in [1.29, 1.82) is 0 Å². The van der Waals surface area contributed by atoms with Gasteiger partial charge in [-0.1, -0.05) is 0 Å². The third kappa shape index (κ3) is 2.61. The van der Waals surface area contributed by atoms with Crippen LogP contribution in [0.4, 0.5) is 4.79 Å². The van der Waals surface area contributed by atoms with Crippen molar-refractivity contribution in [2.24, 2.45) is 0 Å². The summed E-state index contributed by atoms with van der Waals surface area (Å²) in [5.74, 6) is 0. The molecule has 1 amide bonds. The molecule has 5 nitrogen and oxygen atoms in total. The van der Waals surface area contributed by atoms with Gasteiger partial charge in [-0.2, -0.15) is 0 Å². The second-order valence-corrected chi connectivity index (χ2v) is 6.05. The van der Waals surface area contributed by atoms with Crippen molar-refractivity contribution in [3.05, 3.63) is 11.3 Å². The first-order valence-electron chi connectivity index (χ1n) is 6.47. The van der Waals surface area contributed by atoms with E-state index in [4.69, 9.17) is 4.74 Å². The average Bonchev–Trinajstić information content (AvgIpc) is 2.52. The summed E-state index contributed by atoms with van der Waals surface area (Å²) in [7, 11) is 2.03. The number of hydrogen-bond acceptors (Lipinski definition) is 4. The van der Waals surface area contributed by atoms with Crippen LogP contribution in [0.1, 0.15) is 34.1 Å². The Morgan fingerprint density at radius 3 is 2.72 bits per heavy atom. The van der Waals surface area contributed by atoms with Crippen LogP contribution >= 0.6 is 0 Å². The van der Waals surface area contributed by atoms with Crippen molar-refractivity contribution in [1.82, 2.24) is 15.3 Å². The summed E-state index contributed by atoms with van der Waals surface area (Å²) in [5.41, 5.74) is 5.49. The van der Waals surface area contributed by atoms with Gasteiger partial charge in [0.2, 0.25) is 0 Å². The molecule has 0 fully saturated rings. The number of nitrogens with one attached hydrogen (secondary N) is 1. The van der Waals surface area contributed by atoms with Gasteiger partial charge in [-0.3, -0.25) is 0 Å². The molecule has 2 rings (SSSR count). The Morgan fingerprint density at radius 2 is 2.11 bits per heavy atom. The van der Waals surface area contributed by atoms with E-state index in [-0.39, 0.29) is 6.09 Å². The van der Waals surface area contributed by atoms with E-state index in [1.807, 2.05) is 27.8 Å². The largest absolute Gasteiger partial charge is 0.444 e. The minimum atomic E-state index is -0.428. The van der Waals surface area contributed by atoms with Gasteiger partial charge in [-0.25, -0.2) is 9.80 Å². The summed E-state index contributed by atoms with van der Waals surface area (Å²) in [5, 5.41) is 2.09. The van der Waals surface area contributed by atoms with E-state index in [2.05, 4.69) is 17.4 Å². The molecule has 102 valence electrons. The summed E-state index contributed by atoms with van der Waals surface area (Å²) in [6, 6.07) is 0.338. The fourth-order valence-electron chi connectivity index (χ4n) is 2.33. The smallest absolute Gasteiger partial charge is 0.410 e. The molecular weight excluding hydrogens is 230 g/mol. The molecule has 5 heteroatoms. The van der Waals surface area contributed by atoms with Gasteiger partial charge < -0.3 is 15.1 Å². The first kappa shape index (κ1) is 13.2. The van der Waals surface area contributed by atoms with Crippen molar-refractivity contribution in [2.45, 2.75) is 45.8 Å². The van der Waals surface area contributed by atoms with Crippen molar-refractivity contribution in [3.8, 4) is 0 Å². The van der Waals surface area contributed by atoms with E-state index in [0.29, 0.717) is 12.6 Å². The maximum Gasteiger partial charge on any atom is 0.410 e. The molecule has 2 aliphatic heterocycles. The van der Waals surface area contributed by atoms with Crippen LogP contribution in [0.2, 0.25) is 0 Å². The van der Waals surface area contributed by atoms with Gasteiger partial charge in [0, 0.05) is 32.3 Å². The number of hydrogen-bond donors (Lipinski definition) is 1. The Hall–Kier alpha value is -1.23. The lowest BCUT2D eigenvalue weighted by Crippen LogP contribution is -2.41. The molecule has 18 heavy (non-hydrogen) atoms. The first-order chi connectivity index (χ1) is 8.28. The number of nitrogens with zero attached hydrogens (tertiary/aromatic N) is 2. The summed E-state index contributed by atoms with van der Waals surface area (Å²) >= 11 is 0. The van der Waals surface area contributed by atoms with Crippen LogP contribution in [-0.2, 0) is 4.74 Å². The van der Waals surface area contributed by atoms with E-state index in [1.54, 1.807) is 4.90 Å². The molecule has 0 aliphatic carbocycles. The average molecular weight is 253 g/mol. The molecule has 1 unspecified atom stereocenters. The lowest BCUT2D eigenvalue weighted by molar-refractivity contribution is 0.0258. The highest BCUT2D eigenvalue weighted by Gasteiger charge is 2.33. The molecule has 2 aliphatic rings. The normalized spacial score (nSPS) is 24.9. The van der Waals surface area contributed by atoms with Crippen LogP contribution in [0, 0.1) is 0 Å². The van der Waals surface area contributed by atoms with Crippen molar-refractivity contribution in [2.75, 3.05) is 20.1 Å². The van der Waals surface area contributed by atoms with Crippen molar-refractivity contribution < 1.29 is 9.53 Å². The highest BCUT2D eigenvalue weighted by molar-refractivity contribution is 5.69. The van der Waals surface area contributed by atoms with Crippen LogP contribution in [0.25, 0.3) is 0 Å². The second-order valence-electron chi connectivity index (χ2n) is 6.05. The Morgan fingerprint density at radius 1 is 1.44 bits per heavy atom. The maximum atomic E-state index is 12.0. The zero-order valence-electron chi connectivity index (χ0n) is 11.9. The lowest BCUT2D eigenvalue weighted by Gasteiger charge is -2.31. The second kappa shape index (κ2) is 4.46. The van der Waals surface area contributed by atoms with Gasteiger partial charge in [0.15, 0.2) is 0 Å². The number of carbonyl (C=O) groups excluding carboxylic acids is 1. The monoisotopic (exact) mass is 253 g/mol. The van der Waals surface area contributed by atoms with Crippen LogP contribution in [0.3, 0.4) is 0 Å².